The van der Waals surface area contributed by atoms with E-state index in [2.05, 4.69) is 5.32 Å². The normalized spacial score (nSPS) is 12.5. The number of hydrogen-bond donors (Lipinski definition) is 2. The van der Waals surface area contributed by atoms with Crippen molar-refractivity contribution in [1.82, 2.24) is 4.90 Å². The number of amides is 1. The predicted octanol–water partition coefficient (Wildman–Crippen LogP) is 2.02. The number of thioether (sulfide) groups is 1. The van der Waals surface area contributed by atoms with Crippen LogP contribution in [0.15, 0.2) is 29.2 Å². The topological polar surface area (TPSA) is 92.5 Å². The summed E-state index contributed by atoms with van der Waals surface area (Å²) in [6.45, 7) is 7.32. The van der Waals surface area contributed by atoms with Gasteiger partial charge >= 0.3 is 0 Å². The van der Waals surface area contributed by atoms with E-state index >= 15 is 0 Å². The Kier molecular flexibility index (Phi) is 7.46. The minimum atomic E-state index is -3.80. The van der Waals surface area contributed by atoms with Crippen LogP contribution >= 0.6 is 24.0 Å². The van der Waals surface area contributed by atoms with Gasteiger partial charge in [-0.15, -0.1) is 0 Å². The summed E-state index contributed by atoms with van der Waals surface area (Å²) in [5, 5.41) is 7.35. The zero-order valence-electron chi connectivity index (χ0n) is 13.3. The molecule has 1 amide bonds. The number of sulfonamides is 1. The number of nitrogens with one attached hydrogen (secondary N) is 1. The number of rotatable bonds is 6. The van der Waals surface area contributed by atoms with Crippen molar-refractivity contribution in [2.45, 2.75) is 30.9 Å². The standard InChI is InChI=1S/C14H21N3O3S3/c1-4-17(5-2)14(21)22-10(3)13(18)16-11-7-6-8-12(9-11)23(15,19)20/h6-10H,4-5H2,1-3H3,(H,16,18)(H2,15,19,20)/t10-/m0/s1. The minimum absolute atomic E-state index is 0.0470. The van der Waals surface area contributed by atoms with E-state index in [1.165, 1.54) is 30.0 Å². The van der Waals surface area contributed by atoms with Crippen molar-refractivity contribution >= 4 is 49.9 Å². The van der Waals surface area contributed by atoms with Crippen LogP contribution in [0.5, 0.6) is 0 Å². The molecule has 0 aliphatic rings. The molecule has 0 aliphatic heterocycles. The highest BCUT2D eigenvalue weighted by Gasteiger charge is 2.19. The van der Waals surface area contributed by atoms with Gasteiger partial charge in [0.1, 0.15) is 4.32 Å². The van der Waals surface area contributed by atoms with Crippen LogP contribution in [0, 0.1) is 0 Å². The lowest BCUT2D eigenvalue weighted by Gasteiger charge is -2.22. The summed E-state index contributed by atoms with van der Waals surface area (Å²) in [6.07, 6.45) is 0. The monoisotopic (exact) mass is 375 g/mol. The van der Waals surface area contributed by atoms with Crippen molar-refractivity contribution in [3.63, 3.8) is 0 Å². The van der Waals surface area contributed by atoms with Crippen molar-refractivity contribution in [3.05, 3.63) is 24.3 Å². The Morgan fingerprint density at radius 3 is 2.52 bits per heavy atom. The molecule has 0 unspecified atom stereocenters. The van der Waals surface area contributed by atoms with Gasteiger partial charge in [0.25, 0.3) is 0 Å². The number of nitrogens with zero attached hydrogens (tertiary/aromatic N) is 1. The van der Waals surface area contributed by atoms with E-state index in [0.717, 1.165) is 13.1 Å². The van der Waals surface area contributed by atoms with Gasteiger partial charge < -0.3 is 10.2 Å². The SMILES string of the molecule is CCN(CC)C(=S)S[C@@H](C)C(=O)Nc1cccc(S(N)(=O)=O)c1. The summed E-state index contributed by atoms with van der Waals surface area (Å²) in [5.74, 6) is -0.254. The molecular weight excluding hydrogens is 354 g/mol. The van der Waals surface area contributed by atoms with Gasteiger partial charge in [-0.3, -0.25) is 4.79 Å². The van der Waals surface area contributed by atoms with E-state index in [1.54, 1.807) is 13.0 Å². The third-order valence-electron chi connectivity index (χ3n) is 3.10. The number of benzene rings is 1. The quantitative estimate of drug-likeness (QED) is 0.739. The number of hydrogen-bond acceptors (Lipinski definition) is 5. The molecular formula is C14H21N3O3S3. The summed E-state index contributed by atoms with van der Waals surface area (Å²) in [6, 6.07) is 5.83. The van der Waals surface area contributed by atoms with Crippen molar-refractivity contribution in [2.24, 2.45) is 5.14 Å². The van der Waals surface area contributed by atoms with E-state index in [9.17, 15) is 13.2 Å². The average molecular weight is 376 g/mol. The highest BCUT2D eigenvalue weighted by Crippen LogP contribution is 2.19. The molecule has 0 spiro atoms. The Hall–Kier alpha value is -1.16. The number of nitrogens with two attached hydrogens (primary N) is 1. The van der Waals surface area contributed by atoms with E-state index in [0.29, 0.717) is 10.0 Å². The number of thiocarbonyl (C=S) groups is 1. The zero-order valence-corrected chi connectivity index (χ0v) is 15.7. The Labute approximate surface area is 146 Å². The number of carbonyl (C=O) groups is 1. The van der Waals surface area contributed by atoms with Crippen molar-refractivity contribution in [3.8, 4) is 0 Å². The van der Waals surface area contributed by atoms with Crippen LogP contribution < -0.4 is 10.5 Å². The second kappa shape index (κ2) is 8.62. The third kappa shape index (κ3) is 6.09. The summed E-state index contributed by atoms with van der Waals surface area (Å²) in [7, 11) is -3.80. The van der Waals surface area contributed by atoms with Crippen molar-refractivity contribution < 1.29 is 13.2 Å². The molecule has 9 heteroatoms. The van der Waals surface area contributed by atoms with Crippen molar-refractivity contribution in [1.29, 1.82) is 0 Å². The molecule has 0 aromatic heterocycles. The summed E-state index contributed by atoms with van der Waals surface area (Å²) in [5.41, 5.74) is 0.378. The Bertz CT molecular complexity index is 673. The lowest BCUT2D eigenvalue weighted by Crippen LogP contribution is -2.31. The maximum absolute atomic E-state index is 12.2. The Morgan fingerprint density at radius 1 is 1.39 bits per heavy atom. The molecule has 1 atom stereocenters. The smallest absolute Gasteiger partial charge is 0.238 e. The first-order valence-corrected chi connectivity index (χ1v) is 9.91. The van der Waals surface area contributed by atoms with Gasteiger partial charge in [-0.2, -0.15) is 0 Å². The molecule has 23 heavy (non-hydrogen) atoms. The highest BCUT2D eigenvalue weighted by molar-refractivity contribution is 8.23. The molecule has 0 aliphatic carbocycles. The molecule has 6 nitrogen and oxygen atoms in total. The average Bonchev–Trinajstić information content (AvgIpc) is 2.47. The lowest BCUT2D eigenvalue weighted by molar-refractivity contribution is -0.115. The highest BCUT2D eigenvalue weighted by atomic mass is 32.2. The van der Waals surface area contributed by atoms with Crippen LogP contribution in [0.2, 0.25) is 0 Å². The van der Waals surface area contributed by atoms with Crippen LogP contribution in [0.1, 0.15) is 20.8 Å². The molecule has 0 radical (unpaired) electrons. The molecule has 0 saturated heterocycles. The van der Waals surface area contributed by atoms with Gasteiger partial charge in [0.05, 0.1) is 10.1 Å². The third-order valence-corrected chi connectivity index (χ3v) is 5.58. The summed E-state index contributed by atoms with van der Waals surface area (Å²) >= 11 is 6.61. The zero-order chi connectivity index (χ0) is 17.6. The van der Waals surface area contributed by atoms with E-state index in [4.69, 9.17) is 17.4 Å². The lowest BCUT2D eigenvalue weighted by atomic mass is 10.3. The minimum Gasteiger partial charge on any atom is -0.358 e. The first kappa shape index (κ1) is 19.9. The predicted molar refractivity (Wildman–Crippen MR) is 99.0 cm³/mol. The largest absolute Gasteiger partial charge is 0.358 e. The van der Waals surface area contributed by atoms with Gasteiger partial charge in [-0.05, 0) is 39.0 Å². The van der Waals surface area contributed by atoms with Gasteiger partial charge in [-0.1, -0.05) is 30.0 Å². The second-order valence-electron chi connectivity index (χ2n) is 4.76. The number of anilines is 1. The molecule has 1 rings (SSSR count). The Morgan fingerprint density at radius 2 is 2.00 bits per heavy atom. The molecule has 0 bridgehead atoms. The maximum atomic E-state index is 12.2. The number of primary sulfonamides is 1. The first-order chi connectivity index (χ1) is 10.7. The molecule has 0 fully saturated rings. The van der Waals surface area contributed by atoms with E-state index < -0.39 is 15.3 Å². The van der Waals surface area contributed by atoms with Crippen LogP contribution in [-0.4, -0.2) is 41.9 Å². The van der Waals surface area contributed by atoms with Gasteiger partial charge in [-0.25, -0.2) is 13.6 Å². The second-order valence-corrected chi connectivity index (χ2v) is 8.30. The van der Waals surface area contributed by atoms with Gasteiger partial charge in [0, 0.05) is 18.8 Å². The van der Waals surface area contributed by atoms with Crippen LogP contribution in [-0.2, 0) is 14.8 Å². The Balaban J connectivity index is 2.74. The first-order valence-electron chi connectivity index (χ1n) is 7.08. The molecule has 1 aromatic rings. The maximum Gasteiger partial charge on any atom is 0.238 e. The van der Waals surface area contributed by atoms with Crippen LogP contribution in [0.3, 0.4) is 0 Å². The molecule has 0 heterocycles. The van der Waals surface area contributed by atoms with Gasteiger partial charge in [0.2, 0.25) is 15.9 Å². The summed E-state index contributed by atoms with van der Waals surface area (Å²) in [4.78, 5) is 14.2. The van der Waals surface area contributed by atoms with Gasteiger partial charge in [0.15, 0.2) is 0 Å². The van der Waals surface area contributed by atoms with E-state index in [1.807, 2.05) is 18.7 Å². The number of carbonyl (C=O) groups excluding carboxylic acids is 1. The van der Waals surface area contributed by atoms with Crippen LogP contribution in [0.4, 0.5) is 5.69 Å². The van der Waals surface area contributed by atoms with Crippen molar-refractivity contribution in [2.75, 3.05) is 18.4 Å². The molecule has 1 aromatic carbocycles. The molecule has 3 N–H and O–H groups in total. The molecule has 0 saturated carbocycles. The molecule has 128 valence electrons. The summed E-state index contributed by atoms with van der Waals surface area (Å²) < 4.78 is 23.3. The fourth-order valence-corrected chi connectivity index (χ4v) is 3.88. The van der Waals surface area contributed by atoms with Crippen LogP contribution in [0.25, 0.3) is 0 Å². The van der Waals surface area contributed by atoms with E-state index in [-0.39, 0.29) is 10.8 Å². The fourth-order valence-electron chi connectivity index (χ4n) is 1.76. The fraction of sp³-hybridized carbons (Fsp3) is 0.429.